The quantitative estimate of drug-likeness (QED) is 0.699. The van der Waals surface area contributed by atoms with Crippen LogP contribution in [-0.2, 0) is 4.79 Å². The van der Waals surface area contributed by atoms with Crippen molar-refractivity contribution >= 4 is 30.7 Å². The third-order valence-electron chi connectivity index (χ3n) is 3.22. The second kappa shape index (κ2) is 12.0. The van der Waals surface area contributed by atoms with E-state index < -0.39 is 0 Å². The van der Waals surface area contributed by atoms with Gasteiger partial charge in [-0.1, -0.05) is 13.8 Å². The van der Waals surface area contributed by atoms with Crippen molar-refractivity contribution in [2.75, 3.05) is 32.7 Å². The first kappa shape index (κ1) is 20.3. The Morgan fingerprint density at radius 3 is 2.50 bits per heavy atom. The Bertz CT molecular complexity index is 207. The van der Waals surface area contributed by atoms with Gasteiger partial charge in [0.05, 0.1) is 6.04 Å². The number of carbonyl (C=O) groups is 1. The third-order valence-corrected chi connectivity index (χ3v) is 3.22. The van der Waals surface area contributed by atoms with Crippen molar-refractivity contribution in [2.45, 2.75) is 39.2 Å². The summed E-state index contributed by atoms with van der Waals surface area (Å²) in [7, 11) is 0. The van der Waals surface area contributed by atoms with Gasteiger partial charge in [-0.2, -0.15) is 0 Å². The van der Waals surface area contributed by atoms with E-state index in [1.807, 2.05) is 0 Å². The molecule has 0 spiro atoms. The molecular weight excluding hydrogens is 273 g/mol. The third kappa shape index (κ3) is 7.41. The zero-order valence-electron chi connectivity index (χ0n) is 11.4. The zero-order valence-corrected chi connectivity index (χ0v) is 13.0. The van der Waals surface area contributed by atoms with Crippen LogP contribution in [0.1, 0.15) is 33.1 Å². The summed E-state index contributed by atoms with van der Waals surface area (Å²) in [5.74, 6) is 0.178. The molecule has 18 heavy (non-hydrogen) atoms. The maximum absolute atomic E-state index is 11.6. The van der Waals surface area contributed by atoms with E-state index in [-0.39, 0.29) is 36.8 Å². The summed E-state index contributed by atoms with van der Waals surface area (Å²) in [6.07, 6.45) is 3.15. The van der Waals surface area contributed by atoms with Crippen molar-refractivity contribution in [3.05, 3.63) is 0 Å². The first-order chi connectivity index (χ1) is 7.77. The molecule has 6 heteroatoms. The van der Waals surface area contributed by atoms with Crippen molar-refractivity contribution in [1.29, 1.82) is 0 Å². The molecule has 0 aromatic carbocycles. The minimum atomic E-state index is 0. The molecule has 0 saturated carbocycles. The highest BCUT2D eigenvalue weighted by Crippen LogP contribution is 2.04. The van der Waals surface area contributed by atoms with Crippen molar-refractivity contribution in [3.63, 3.8) is 0 Å². The molecule has 1 atom stereocenters. The highest BCUT2D eigenvalue weighted by Gasteiger charge is 2.20. The van der Waals surface area contributed by atoms with Crippen LogP contribution in [0.3, 0.4) is 0 Å². The molecule has 1 saturated heterocycles. The van der Waals surface area contributed by atoms with Gasteiger partial charge in [0, 0.05) is 6.54 Å². The monoisotopic (exact) mass is 299 g/mol. The standard InChI is InChI=1S/C12H25N3O.2ClH/c1-3-15(4-2)10-6-9-14-12(16)11-7-5-8-13-11;;/h11,13H,3-10H2,1-2H3,(H,14,16);2*1H. The fourth-order valence-corrected chi connectivity index (χ4v) is 2.09. The van der Waals surface area contributed by atoms with Gasteiger partial charge >= 0.3 is 0 Å². The fraction of sp³-hybridized carbons (Fsp3) is 0.917. The van der Waals surface area contributed by atoms with Gasteiger partial charge < -0.3 is 15.5 Å². The summed E-state index contributed by atoms with van der Waals surface area (Å²) < 4.78 is 0. The molecular formula is C12H27Cl2N3O. The lowest BCUT2D eigenvalue weighted by molar-refractivity contribution is -0.122. The van der Waals surface area contributed by atoms with Crippen LogP contribution in [0.2, 0.25) is 0 Å². The van der Waals surface area contributed by atoms with Crippen molar-refractivity contribution < 1.29 is 4.79 Å². The summed E-state index contributed by atoms with van der Waals surface area (Å²) in [5.41, 5.74) is 0. The molecule has 1 unspecified atom stereocenters. The Hall–Kier alpha value is -0.0300. The summed E-state index contributed by atoms with van der Waals surface area (Å²) in [6.45, 7) is 9.38. The van der Waals surface area contributed by atoms with Crippen LogP contribution in [0.15, 0.2) is 0 Å². The summed E-state index contributed by atoms with van der Waals surface area (Å²) in [5, 5.41) is 6.21. The molecule has 0 aromatic rings. The van der Waals surface area contributed by atoms with E-state index in [1.165, 1.54) is 0 Å². The molecule has 1 aliphatic rings. The van der Waals surface area contributed by atoms with Gasteiger partial charge in [-0.05, 0) is 45.4 Å². The molecule has 0 radical (unpaired) electrons. The Morgan fingerprint density at radius 2 is 2.00 bits per heavy atom. The number of halogens is 2. The average Bonchev–Trinajstić information content (AvgIpc) is 2.82. The topological polar surface area (TPSA) is 44.4 Å². The lowest BCUT2D eigenvalue weighted by atomic mass is 10.2. The van der Waals surface area contributed by atoms with Crippen molar-refractivity contribution in [3.8, 4) is 0 Å². The average molecular weight is 300 g/mol. The van der Waals surface area contributed by atoms with Crippen LogP contribution >= 0.6 is 24.8 Å². The number of amides is 1. The minimum absolute atomic E-state index is 0. The molecule has 0 aromatic heterocycles. The molecule has 2 N–H and O–H groups in total. The first-order valence-electron chi connectivity index (χ1n) is 6.51. The van der Waals surface area contributed by atoms with E-state index >= 15 is 0 Å². The molecule has 1 aliphatic heterocycles. The molecule has 1 amide bonds. The largest absolute Gasteiger partial charge is 0.355 e. The highest BCUT2D eigenvalue weighted by molar-refractivity contribution is 5.85. The lowest BCUT2D eigenvalue weighted by Gasteiger charge is -2.18. The molecule has 0 bridgehead atoms. The van der Waals surface area contributed by atoms with E-state index in [2.05, 4.69) is 29.4 Å². The second-order valence-electron chi connectivity index (χ2n) is 4.32. The Kier molecular flexibility index (Phi) is 13.6. The number of hydrogen-bond donors (Lipinski definition) is 2. The van der Waals surface area contributed by atoms with Crippen LogP contribution in [-0.4, -0.2) is 49.6 Å². The van der Waals surface area contributed by atoms with Crippen LogP contribution < -0.4 is 10.6 Å². The van der Waals surface area contributed by atoms with E-state index in [0.717, 1.165) is 52.0 Å². The van der Waals surface area contributed by atoms with Gasteiger partial charge in [-0.3, -0.25) is 4.79 Å². The normalized spacial score (nSPS) is 18.1. The van der Waals surface area contributed by atoms with Crippen LogP contribution in [0, 0.1) is 0 Å². The van der Waals surface area contributed by atoms with Crippen LogP contribution in [0.4, 0.5) is 0 Å². The highest BCUT2D eigenvalue weighted by atomic mass is 35.5. The Balaban J connectivity index is 0. The maximum atomic E-state index is 11.6. The van der Waals surface area contributed by atoms with Crippen LogP contribution in [0.25, 0.3) is 0 Å². The number of rotatable bonds is 7. The lowest BCUT2D eigenvalue weighted by Crippen LogP contribution is -2.41. The van der Waals surface area contributed by atoms with Gasteiger partial charge in [0.2, 0.25) is 5.91 Å². The summed E-state index contributed by atoms with van der Waals surface area (Å²) in [4.78, 5) is 14.0. The van der Waals surface area contributed by atoms with Gasteiger partial charge in [0.25, 0.3) is 0 Å². The maximum Gasteiger partial charge on any atom is 0.237 e. The molecule has 1 fully saturated rings. The molecule has 0 aliphatic carbocycles. The van der Waals surface area contributed by atoms with Gasteiger partial charge in [-0.25, -0.2) is 0 Å². The van der Waals surface area contributed by atoms with Gasteiger partial charge in [-0.15, -0.1) is 24.8 Å². The first-order valence-corrected chi connectivity index (χ1v) is 6.51. The van der Waals surface area contributed by atoms with E-state index in [0.29, 0.717) is 0 Å². The number of nitrogens with zero attached hydrogens (tertiary/aromatic N) is 1. The SMILES string of the molecule is CCN(CC)CCCNC(=O)C1CCCN1.Cl.Cl. The number of hydrogen-bond acceptors (Lipinski definition) is 3. The van der Waals surface area contributed by atoms with E-state index in [1.54, 1.807) is 0 Å². The smallest absolute Gasteiger partial charge is 0.237 e. The molecule has 1 rings (SSSR count). The van der Waals surface area contributed by atoms with E-state index in [4.69, 9.17) is 0 Å². The second-order valence-corrected chi connectivity index (χ2v) is 4.32. The minimum Gasteiger partial charge on any atom is -0.355 e. The summed E-state index contributed by atoms with van der Waals surface area (Å²) >= 11 is 0. The molecule has 110 valence electrons. The fourth-order valence-electron chi connectivity index (χ4n) is 2.09. The summed E-state index contributed by atoms with van der Waals surface area (Å²) in [6, 6.07) is 0.0634. The van der Waals surface area contributed by atoms with Gasteiger partial charge in [0.15, 0.2) is 0 Å². The molecule has 4 nitrogen and oxygen atoms in total. The Labute approximate surface area is 123 Å². The van der Waals surface area contributed by atoms with Crippen LogP contribution in [0.5, 0.6) is 0 Å². The van der Waals surface area contributed by atoms with Crippen molar-refractivity contribution in [1.82, 2.24) is 15.5 Å². The van der Waals surface area contributed by atoms with E-state index in [9.17, 15) is 4.79 Å². The number of carbonyl (C=O) groups excluding carboxylic acids is 1. The Morgan fingerprint density at radius 1 is 1.33 bits per heavy atom. The van der Waals surface area contributed by atoms with Gasteiger partial charge in [0.1, 0.15) is 0 Å². The number of nitrogens with one attached hydrogen (secondary N) is 2. The predicted molar refractivity (Wildman–Crippen MR) is 80.9 cm³/mol. The molecule has 1 heterocycles. The van der Waals surface area contributed by atoms with Crippen molar-refractivity contribution in [2.24, 2.45) is 0 Å². The zero-order chi connectivity index (χ0) is 11.8. The predicted octanol–water partition coefficient (Wildman–Crippen LogP) is 1.43.